The number of hydrogen-bond acceptors (Lipinski definition) is 6. The Morgan fingerprint density at radius 3 is 2.61 bits per heavy atom. The van der Waals surface area contributed by atoms with Crippen molar-refractivity contribution in [2.24, 2.45) is 0 Å². The highest BCUT2D eigenvalue weighted by Gasteiger charge is 2.17. The zero-order valence-electron chi connectivity index (χ0n) is 11.8. The van der Waals surface area contributed by atoms with Gasteiger partial charge in [-0.1, -0.05) is 5.16 Å². The molecule has 0 aliphatic heterocycles. The van der Waals surface area contributed by atoms with Gasteiger partial charge in [0.25, 0.3) is 0 Å². The summed E-state index contributed by atoms with van der Waals surface area (Å²) in [5, 5.41) is 4.07. The van der Waals surface area contributed by atoms with E-state index in [4.69, 9.17) is 10.3 Å². The third-order valence-electron chi connectivity index (χ3n) is 3.51. The van der Waals surface area contributed by atoms with Crippen LogP contribution in [0, 0.1) is 5.82 Å². The molecular weight excluding hydrogens is 297 g/mol. The Balaban J connectivity index is 1.94. The Morgan fingerprint density at radius 1 is 1.00 bits per heavy atom. The lowest BCUT2D eigenvalue weighted by Crippen LogP contribution is -1.95. The van der Waals surface area contributed by atoms with Crippen LogP contribution < -0.4 is 5.73 Å². The maximum absolute atomic E-state index is 13.1. The second-order valence-corrected chi connectivity index (χ2v) is 4.90. The van der Waals surface area contributed by atoms with E-state index >= 15 is 0 Å². The Kier molecular flexibility index (Phi) is 2.97. The number of rotatable bonds is 2. The lowest BCUT2D eigenvalue weighted by molar-refractivity contribution is 0.460. The molecule has 6 nitrogen and oxygen atoms in total. The van der Waals surface area contributed by atoms with E-state index in [9.17, 15) is 4.39 Å². The van der Waals surface area contributed by atoms with Crippen LogP contribution >= 0.6 is 0 Å². The quantitative estimate of drug-likeness (QED) is 0.612. The van der Waals surface area contributed by atoms with Gasteiger partial charge in [-0.3, -0.25) is 4.98 Å². The summed E-state index contributed by atoms with van der Waals surface area (Å²) in [5.74, 6) is 0.0247. The number of benzene rings is 1. The molecule has 3 aromatic heterocycles. The van der Waals surface area contributed by atoms with Crippen molar-refractivity contribution >= 4 is 16.9 Å². The molecule has 3 heterocycles. The number of hydrogen-bond donors (Lipinski definition) is 1. The summed E-state index contributed by atoms with van der Waals surface area (Å²) in [6.07, 6.45) is 4.62. The molecule has 1 aromatic carbocycles. The summed E-state index contributed by atoms with van der Waals surface area (Å²) in [6.45, 7) is 0. The highest BCUT2D eigenvalue weighted by molar-refractivity contribution is 5.98. The van der Waals surface area contributed by atoms with Gasteiger partial charge in [0, 0.05) is 29.1 Å². The monoisotopic (exact) mass is 307 g/mol. The van der Waals surface area contributed by atoms with Crippen LogP contribution in [0.1, 0.15) is 0 Å². The zero-order chi connectivity index (χ0) is 15.8. The highest BCUT2D eigenvalue weighted by atomic mass is 19.1. The normalized spacial score (nSPS) is 11.0. The Labute approximate surface area is 129 Å². The van der Waals surface area contributed by atoms with E-state index in [1.807, 2.05) is 0 Å². The van der Waals surface area contributed by atoms with Crippen LogP contribution in [0.2, 0.25) is 0 Å². The van der Waals surface area contributed by atoms with Crippen molar-refractivity contribution in [1.29, 1.82) is 0 Å². The lowest BCUT2D eigenvalue weighted by atomic mass is 10.1. The van der Waals surface area contributed by atoms with Gasteiger partial charge >= 0.3 is 0 Å². The van der Waals surface area contributed by atoms with Gasteiger partial charge < -0.3 is 10.3 Å². The molecule has 4 rings (SSSR count). The van der Waals surface area contributed by atoms with Gasteiger partial charge in [-0.05, 0) is 30.3 Å². The second-order valence-electron chi connectivity index (χ2n) is 4.90. The van der Waals surface area contributed by atoms with Gasteiger partial charge in [0.1, 0.15) is 29.2 Å². The minimum atomic E-state index is -0.315. The third-order valence-corrected chi connectivity index (χ3v) is 3.51. The first-order chi connectivity index (χ1) is 11.2. The molecule has 4 aromatic rings. The number of nitrogens with two attached hydrogens (primary N) is 1. The van der Waals surface area contributed by atoms with Gasteiger partial charge in [0.15, 0.2) is 5.58 Å². The molecule has 0 spiro atoms. The van der Waals surface area contributed by atoms with E-state index in [1.54, 1.807) is 30.6 Å². The summed E-state index contributed by atoms with van der Waals surface area (Å²) < 4.78 is 18.5. The molecule has 0 bridgehead atoms. The van der Waals surface area contributed by atoms with Crippen molar-refractivity contribution in [2.45, 2.75) is 0 Å². The maximum atomic E-state index is 13.1. The number of aromatic nitrogens is 4. The third kappa shape index (κ3) is 2.18. The highest BCUT2D eigenvalue weighted by Crippen LogP contribution is 2.34. The Morgan fingerprint density at radius 2 is 1.83 bits per heavy atom. The fourth-order valence-corrected chi connectivity index (χ4v) is 2.40. The van der Waals surface area contributed by atoms with Gasteiger partial charge in [-0.15, -0.1) is 0 Å². The van der Waals surface area contributed by atoms with Crippen molar-refractivity contribution in [1.82, 2.24) is 20.1 Å². The molecule has 0 fully saturated rings. The largest absolute Gasteiger partial charge is 0.383 e. The van der Waals surface area contributed by atoms with Gasteiger partial charge in [0.05, 0.1) is 0 Å². The molecule has 0 radical (unpaired) electrons. The average molecular weight is 307 g/mol. The van der Waals surface area contributed by atoms with Gasteiger partial charge in [-0.25, -0.2) is 14.4 Å². The van der Waals surface area contributed by atoms with Crippen LogP contribution in [0.25, 0.3) is 33.5 Å². The van der Waals surface area contributed by atoms with E-state index in [-0.39, 0.29) is 5.82 Å². The van der Waals surface area contributed by atoms with Crippen molar-refractivity contribution < 1.29 is 8.91 Å². The Hall–Kier alpha value is -3.35. The summed E-state index contributed by atoms with van der Waals surface area (Å²) in [4.78, 5) is 12.3. The first-order valence-electron chi connectivity index (χ1n) is 6.80. The van der Waals surface area contributed by atoms with Crippen LogP contribution in [0.5, 0.6) is 0 Å². The van der Waals surface area contributed by atoms with E-state index in [2.05, 4.69) is 20.1 Å². The first-order valence-corrected chi connectivity index (χ1v) is 6.80. The molecule has 0 aliphatic rings. The molecule has 2 N–H and O–H groups in total. The van der Waals surface area contributed by atoms with E-state index in [1.165, 1.54) is 18.5 Å². The van der Waals surface area contributed by atoms with Crippen LogP contribution in [0.4, 0.5) is 10.2 Å². The minimum Gasteiger partial charge on any atom is -0.383 e. The smallest absolute Gasteiger partial charge is 0.193 e. The maximum Gasteiger partial charge on any atom is 0.193 e. The fraction of sp³-hybridized carbons (Fsp3) is 0. The van der Waals surface area contributed by atoms with Crippen LogP contribution in [0.15, 0.2) is 53.6 Å². The standard InChI is InChI=1S/C16H10FN5O/c17-10-3-1-9(2-4-10)13-14-15(23-22-13)11(5-6-20-14)12-7-19-8-21-16(12)18/h1-8H,(H2,18,19,21). The van der Waals surface area contributed by atoms with E-state index in [0.29, 0.717) is 39.3 Å². The fourth-order valence-electron chi connectivity index (χ4n) is 2.40. The molecule has 0 amide bonds. The molecule has 0 unspecified atom stereocenters. The molecule has 0 saturated heterocycles. The first kappa shape index (κ1) is 13.3. The molecular formula is C16H10FN5O. The summed E-state index contributed by atoms with van der Waals surface area (Å²) in [5.41, 5.74) is 9.55. The summed E-state index contributed by atoms with van der Waals surface area (Å²) >= 11 is 0. The molecule has 112 valence electrons. The lowest BCUT2D eigenvalue weighted by Gasteiger charge is -2.03. The number of fused-ring (bicyclic) bond motifs is 1. The predicted octanol–water partition coefficient (Wildman–Crippen LogP) is 3.07. The summed E-state index contributed by atoms with van der Waals surface area (Å²) in [7, 11) is 0. The molecule has 0 saturated carbocycles. The zero-order valence-corrected chi connectivity index (χ0v) is 11.8. The topological polar surface area (TPSA) is 90.7 Å². The van der Waals surface area contributed by atoms with Gasteiger partial charge in [0.2, 0.25) is 0 Å². The van der Waals surface area contributed by atoms with E-state index in [0.717, 1.165) is 0 Å². The predicted molar refractivity (Wildman–Crippen MR) is 82.6 cm³/mol. The number of nitrogens with zero attached hydrogens (tertiary/aromatic N) is 4. The van der Waals surface area contributed by atoms with Crippen molar-refractivity contribution in [3.8, 4) is 22.4 Å². The van der Waals surface area contributed by atoms with Gasteiger partial charge in [-0.2, -0.15) is 0 Å². The minimum absolute atomic E-state index is 0.315. The molecule has 7 heteroatoms. The van der Waals surface area contributed by atoms with Crippen molar-refractivity contribution in [3.63, 3.8) is 0 Å². The van der Waals surface area contributed by atoms with Crippen LogP contribution in [-0.4, -0.2) is 20.1 Å². The molecule has 0 aliphatic carbocycles. The van der Waals surface area contributed by atoms with Crippen LogP contribution in [-0.2, 0) is 0 Å². The number of anilines is 1. The van der Waals surface area contributed by atoms with Crippen molar-refractivity contribution in [2.75, 3.05) is 5.73 Å². The SMILES string of the molecule is Nc1ncncc1-c1ccnc2c(-c3ccc(F)cc3)noc12. The average Bonchev–Trinajstić information content (AvgIpc) is 3.00. The Bertz CT molecular complexity index is 997. The summed E-state index contributed by atoms with van der Waals surface area (Å²) in [6, 6.07) is 7.74. The van der Waals surface area contributed by atoms with Crippen LogP contribution in [0.3, 0.4) is 0 Å². The number of halogens is 1. The van der Waals surface area contributed by atoms with E-state index < -0.39 is 0 Å². The molecule has 23 heavy (non-hydrogen) atoms. The number of nitrogen functional groups attached to an aromatic ring is 1. The number of pyridine rings is 1. The van der Waals surface area contributed by atoms with Crippen molar-refractivity contribution in [3.05, 3.63) is 54.9 Å². The molecule has 0 atom stereocenters. The second kappa shape index (κ2) is 5.13.